The molecule has 2 aromatic rings. The summed E-state index contributed by atoms with van der Waals surface area (Å²) in [5.74, 6) is 0.871. The number of ether oxygens (including phenoxy) is 1. The molecule has 0 saturated carbocycles. The van der Waals surface area contributed by atoms with Gasteiger partial charge in [0.2, 0.25) is 0 Å². The van der Waals surface area contributed by atoms with Crippen LogP contribution in [0.1, 0.15) is 36.4 Å². The number of nitrogens with one attached hydrogen (secondary N) is 1. The number of hydrazine groups is 1. The van der Waals surface area contributed by atoms with Crippen LogP contribution in [0.2, 0.25) is 5.02 Å². The van der Waals surface area contributed by atoms with Gasteiger partial charge in [-0.1, -0.05) is 48.4 Å². The summed E-state index contributed by atoms with van der Waals surface area (Å²) < 4.78 is 5.43. The second-order valence-electron chi connectivity index (χ2n) is 5.91. The van der Waals surface area contributed by atoms with Gasteiger partial charge in [-0.25, -0.2) is 5.01 Å². The molecule has 1 saturated heterocycles. The molecule has 1 aliphatic heterocycles. The van der Waals surface area contributed by atoms with E-state index < -0.39 is 0 Å². The standard InChI is InChI=1S/C19H23ClN2O/c1-23-19-11-10-17(20)13-16(19)14-21-22-12-6-5-9-18(22)15-7-3-2-4-8-15/h2-4,7-8,10-11,13,18,21H,5-6,9,12,14H2,1H3/t18-/m0/s1. The van der Waals surface area contributed by atoms with Crippen molar-refractivity contribution in [2.45, 2.75) is 31.8 Å². The van der Waals surface area contributed by atoms with Gasteiger partial charge in [-0.05, 0) is 36.6 Å². The lowest BCUT2D eigenvalue weighted by Crippen LogP contribution is -2.43. The summed E-state index contributed by atoms with van der Waals surface area (Å²) in [5, 5.41) is 3.10. The topological polar surface area (TPSA) is 24.5 Å². The molecule has 1 fully saturated rings. The summed E-state index contributed by atoms with van der Waals surface area (Å²) in [5.41, 5.74) is 6.04. The zero-order valence-electron chi connectivity index (χ0n) is 13.5. The number of hydrogen-bond acceptors (Lipinski definition) is 3. The van der Waals surface area contributed by atoms with E-state index in [2.05, 4.69) is 40.8 Å². The highest BCUT2D eigenvalue weighted by atomic mass is 35.5. The minimum Gasteiger partial charge on any atom is -0.496 e. The predicted molar refractivity (Wildman–Crippen MR) is 94.6 cm³/mol. The summed E-state index contributed by atoms with van der Waals surface area (Å²) >= 11 is 6.12. The fourth-order valence-corrected chi connectivity index (χ4v) is 3.41. The van der Waals surface area contributed by atoms with Gasteiger partial charge < -0.3 is 4.74 Å². The Morgan fingerprint density at radius 1 is 1.17 bits per heavy atom. The lowest BCUT2D eigenvalue weighted by atomic mass is 9.97. The van der Waals surface area contributed by atoms with Gasteiger partial charge in [0.25, 0.3) is 0 Å². The predicted octanol–water partition coefficient (Wildman–Crippen LogP) is 4.58. The molecule has 0 spiro atoms. The molecule has 0 amide bonds. The van der Waals surface area contributed by atoms with E-state index in [1.165, 1.54) is 24.8 Å². The lowest BCUT2D eigenvalue weighted by Gasteiger charge is -2.36. The SMILES string of the molecule is COc1ccc(Cl)cc1CNN1CCCC[C@H]1c1ccccc1. The first-order valence-electron chi connectivity index (χ1n) is 8.15. The normalized spacial score (nSPS) is 18.8. The Morgan fingerprint density at radius 3 is 2.78 bits per heavy atom. The fourth-order valence-electron chi connectivity index (χ4n) is 3.21. The van der Waals surface area contributed by atoms with Crippen molar-refractivity contribution in [3.8, 4) is 5.75 Å². The maximum Gasteiger partial charge on any atom is 0.123 e. The van der Waals surface area contributed by atoms with Crippen molar-refractivity contribution in [2.24, 2.45) is 0 Å². The van der Waals surface area contributed by atoms with Crippen molar-refractivity contribution >= 4 is 11.6 Å². The van der Waals surface area contributed by atoms with Crippen LogP contribution >= 0.6 is 11.6 Å². The van der Waals surface area contributed by atoms with Crippen LogP contribution in [-0.4, -0.2) is 18.7 Å². The second kappa shape index (κ2) is 7.82. The van der Waals surface area contributed by atoms with Crippen LogP contribution in [-0.2, 0) is 6.54 Å². The highest BCUT2D eigenvalue weighted by molar-refractivity contribution is 6.30. The van der Waals surface area contributed by atoms with Crippen LogP contribution in [0.15, 0.2) is 48.5 Å². The van der Waals surface area contributed by atoms with Crippen molar-refractivity contribution in [1.29, 1.82) is 0 Å². The van der Waals surface area contributed by atoms with E-state index >= 15 is 0 Å². The number of benzene rings is 2. The Balaban J connectivity index is 1.72. The molecule has 0 aliphatic carbocycles. The van der Waals surface area contributed by atoms with Gasteiger partial charge >= 0.3 is 0 Å². The maximum atomic E-state index is 6.12. The summed E-state index contributed by atoms with van der Waals surface area (Å²) in [7, 11) is 1.69. The van der Waals surface area contributed by atoms with E-state index in [1.54, 1.807) is 7.11 Å². The minimum absolute atomic E-state index is 0.426. The van der Waals surface area contributed by atoms with Crippen LogP contribution in [0.3, 0.4) is 0 Å². The fraction of sp³-hybridized carbons (Fsp3) is 0.368. The molecule has 2 aromatic carbocycles. The molecule has 1 aliphatic rings. The summed E-state index contributed by atoms with van der Waals surface area (Å²) in [6.07, 6.45) is 3.69. The third-order valence-corrected chi connectivity index (χ3v) is 4.64. The highest BCUT2D eigenvalue weighted by Gasteiger charge is 2.23. The van der Waals surface area contributed by atoms with Crippen molar-refractivity contribution in [1.82, 2.24) is 10.4 Å². The molecule has 122 valence electrons. The quantitative estimate of drug-likeness (QED) is 0.868. The largest absolute Gasteiger partial charge is 0.496 e. The number of halogens is 1. The molecule has 1 heterocycles. The van der Waals surface area contributed by atoms with E-state index in [4.69, 9.17) is 16.3 Å². The lowest BCUT2D eigenvalue weighted by molar-refractivity contribution is 0.0822. The zero-order chi connectivity index (χ0) is 16.1. The number of nitrogens with zero attached hydrogens (tertiary/aromatic N) is 1. The average molecular weight is 331 g/mol. The Hall–Kier alpha value is -1.55. The van der Waals surface area contributed by atoms with Crippen LogP contribution in [0.25, 0.3) is 0 Å². The van der Waals surface area contributed by atoms with E-state index in [0.29, 0.717) is 12.6 Å². The van der Waals surface area contributed by atoms with Gasteiger partial charge in [0.05, 0.1) is 7.11 Å². The zero-order valence-corrected chi connectivity index (χ0v) is 14.2. The van der Waals surface area contributed by atoms with Crippen molar-refractivity contribution in [3.05, 3.63) is 64.7 Å². The molecule has 3 rings (SSSR count). The molecule has 0 unspecified atom stereocenters. The summed E-state index contributed by atoms with van der Waals surface area (Å²) in [6.45, 7) is 1.77. The Labute approximate surface area is 143 Å². The van der Waals surface area contributed by atoms with Crippen LogP contribution in [0.5, 0.6) is 5.75 Å². The van der Waals surface area contributed by atoms with Crippen LogP contribution < -0.4 is 10.2 Å². The molecule has 1 atom stereocenters. The van der Waals surface area contributed by atoms with Crippen molar-refractivity contribution in [2.75, 3.05) is 13.7 Å². The van der Waals surface area contributed by atoms with Gasteiger partial charge in [0, 0.05) is 29.7 Å². The van der Waals surface area contributed by atoms with E-state index in [0.717, 1.165) is 22.9 Å². The number of piperidine rings is 1. The maximum absolute atomic E-state index is 6.12. The summed E-state index contributed by atoms with van der Waals surface area (Å²) in [4.78, 5) is 0. The molecular formula is C19H23ClN2O. The molecular weight excluding hydrogens is 308 g/mol. The minimum atomic E-state index is 0.426. The summed E-state index contributed by atoms with van der Waals surface area (Å²) in [6, 6.07) is 16.9. The Morgan fingerprint density at radius 2 is 2.00 bits per heavy atom. The monoisotopic (exact) mass is 330 g/mol. The molecule has 4 heteroatoms. The molecule has 23 heavy (non-hydrogen) atoms. The number of methoxy groups -OCH3 is 1. The van der Waals surface area contributed by atoms with Crippen molar-refractivity contribution in [3.63, 3.8) is 0 Å². The van der Waals surface area contributed by atoms with Gasteiger partial charge in [-0.15, -0.1) is 0 Å². The molecule has 0 radical (unpaired) electrons. The average Bonchev–Trinajstić information content (AvgIpc) is 2.61. The first kappa shape index (κ1) is 16.3. The van der Waals surface area contributed by atoms with Gasteiger partial charge in [0.1, 0.15) is 5.75 Å². The van der Waals surface area contributed by atoms with Gasteiger partial charge in [-0.2, -0.15) is 0 Å². The van der Waals surface area contributed by atoms with Gasteiger partial charge in [0.15, 0.2) is 0 Å². The molecule has 0 aromatic heterocycles. The molecule has 0 bridgehead atoms. The van der Waals surface area contributed by atoms with Crippen molar-refractivity contribution < 1.29 is 4.74 Å². The van der Waals surface area contributed by atoms with Crippen LogP contribution in [0.4, 0.5) is 0 Å². The van der Waals surface area contributed by atoms with Crippen LogP contribution in [0, 0.1) is 0 Å². The third-order valence-electron chi connectivity index (χ3n) is 4.40. The first-order chi connectivity index (χ1) is 11.3. The molecule has 1 N–H and O–H groups in total. The second-order valence-corrected chi connectivity index (χ2v) is 6.34. The Kier molecular flexibility index (Phi) is 5.55. The van der Waals surface area contributed by atoms with E-state index in [1.807, 2.05) is 18.2 Å². The Bertz CT molecular complexity index is 633. The van der Waals surface area contributed by atoms with Gasteiger partial charge in [-0.3, -0.25) is 5.43 Å². The highest BCUT2D eigenvalue weighted by Crippen LogP contribution is 2.30. The number of hydrogen-bond donors (Lipinski definition) is 1. The van der Waals surface area contributed by atoms with E-state index in [-0.39, 0.29) is 0 Å². The third kappa shape index (κ3) is 4.05. The molecule has 3 nitrogen and oxygen atoms in total. The smallest absolute Gasteiger partial charge is 0.123 e. The first-order valence-corrected chi connectivity index (χ1v) is 8.53. The number of rotatable bonds is 5. The van der Waals surface area contributed by atoms with E-state index in [9.17, 15) is 0 Å².